The van der Waals surface area contributed by atoms with E-state index in [1.165, 1.54) is 16.7 Å². The third-order valence-electron chi connectivity index (χ3n) is 5.27. The summed E-state index contributed by atoms with van der Waals surface area (Å²) in [7, 11) is 0. The number of carbonyl (C=O) groups is 2. The second kappa shape index (κ2) is 9.88. The van der Waals surface area contributed by atoms with Crippen LogP contribution in [0.3, 0.4) is 0 Å². The largest absolute Gasteiger partial charge is 0.494 e. The van der Waals surface area contributed by atoms with E-state index >= 15 is 0 Å². The molecule has 0 saturated heterocycles. The fraction of sp³-hybridized carbons (Fsp3) is 0.185. The van der Waals surface area contributed by atoms with Crippen LogP contribution in [0.25, 0.3) is 5.57 Å². The molecule has 0 fully saturated rings. The van der Waals surface area contributed by atoms with E-state index < -0.39 is 0 Å². The molecule has 3 aromatic rings. The number of amides is 2. The van der Waals surface area contributed by atoms with Crippen molar-refractivity contribution >= 4 is 29.1 Å². The number of nitrogens with zero attached hydrogens (tertiary/aromatic N) is 1. The van der Waals surface area contributed by atoms with Crippen molar-refractivity contribution < 1.29 is 14.3 Å². The monoisotopic (exact) mass is 443 g/mol. The average Bonchev–Trinajstić information content (AvgIpc) is 3.05. The highest BCUT2D eigenvalue weighted by molar-refractivity contribution is 8.03. The Bertz CT molecular complexity index is 1140. The second-order valence-corrected chi connectivity index (χ2v) is 8.60. The lowest BCUT2D eigenvalue weighted by Crippen LogP contribution is -2.30. The highest BCUT2D eigenvalue weighted by Crippen LogP contribution is 2.38. The van der Waals surface area contributed by atoms with Gasteiger partial charge in [-0.3, -0.25) is 14.5 Å². The van der Waals surface area contributed by atoms with E-state index in [0.29, 0.717) is 22.8 Å². The first kappa shape index (κ1) is 21.9. The van der Waals surface area contributed by atoms with Crippen LogP contribution in [0.4, 0.5) is 0 Å². The van der Waals surface area contributed by atoms with E-state index in [2.05, 4.69) is 0 Å². The van der Waals surface area contributed by atoms with Crippen molar-refractivity contribution in [1.82, 2.24) is 4.90 Å². The predicted molar refractivity (Wildman–Crippen MR) is 129 cm³/mol. The quantitative estimate of drug-likeness (QED) is 0.425. The molecule has 0 radical (unpaired) electrons. The normalized spacial score (nSPS) is 13.8. The molecule has 3 aromatic carbocycles. The number of aryl methyl sites for hydroxylation is 1. The maximum Gasteiger partial charge on any atom is 0.268 e. The number of ether oxygens (including phenoxy) is 1. The first-order valence-corrected chi connectivity index (χ1v) is 11.6. The summed E-state index contributed by atoms with van der Waals surface area (Å²) in [6, 6.07) is 25.2. The third kappa shape index (κ3) is 4.78. The lowest BCUT2D eigenvalue weighted by molar-refractivity contribution is -0.137. The molecule has 0 saturated carbocycles. The summed E-state index contributed by atoms with van der Waals surface area (Å²) in [6.07, 6.45) is 0. The molecule has 0 unspecified atom stereocenters. The fourth-order valence-electron chi connectivity index (χ4n) is 3.58. The molecule has 0 aromatic heterocycles. The Morgan fingerprint density at radius 1 is 0.812 bits per heavy atom. The van der Waals surface area contributed by atoms with E-state index in [0.717, 1.165) is 28.0 Å². The van der Waals surface area contributed by atoms with Crippen LogP contribution in [0.2, 0.25) is 0 Å². The molecular weight excluding hydrogens is 418 g/mol. The van der Waals surface area contributed by atoms with Crippen LogP contribution in [0, 0.1) is 6.92 Å². The van der Waals surface area contributed by atoms with Crippen LogP contribution < -0.4 is 4.74 Å². The summed E-state index contributed by atoms with van der Waals surface area (Å²) in [5, 5.41) is 0. The van der Waals surface area contributed by atoms with E-state index in [1.54, 1.807) is 0 Å². The van der Waals surface area contributed by atoms with Gasteiger partial charge in [0.15, 0.2) is 0 Å². The van der Waals surface area contributed by atoms with Gasteiger partial charge in [0.05, 0.1) is 23.6 Å². The van der Waals surface area contributed by atoms with Crippen molar-refractivity contribution in [2.45, 2.75) is 26.1 Å². The van der Waals surface area contributed by atoms with E-state index in [4.69, 9.17) is 4.74 Å². The average molecular weight is 444 g/mol. The van der Waals surface area contributed by atoms with Crippen molar-refractivity contribution in [2.75, 3.05) is 6.61 Å². The summed E-state index contributed by atoms with van der Waals surface area (Å²) in [5.74, 6) is 0.869. The van der Waals surface area contributed by atoms with Crippen molar-refractivity contribution in [1.29, 1.82) is 0 Å². The molecule has 0 spiro atoms. The summed E-state index contributed by atoms with van der Waals surface area (Å²) >= 11 is 1.42. The Balaban J connectivity index is 1.65. The molecular formula is C27H25NO3S. The van der Waals surface area contributed by atoms with Gasteiger partial charge in [-0.25, -0.2) is 0 Å². The lowest BCUT2D eigenvalue weighted by Gasteiger charge is -2.15. The van der Waals surface area contributed by atoms with E-state index in [-0.39, 0.29) is 18.4 Å². The third-order valence-corrected chi connectivity index (χ3v) is 6.41. The SMILES string of the molecule is CCOc1ccc(C2=C(SCc3ccccc3)C(=O)N(Cc3ccc(C)cc3)C2=O)cc1. The lowest BCUT2D eigenvalue weighted by atomic mass is 10.1. The molecule has 1 aliphatic rings. The highest BCUT2D eigenvalue weighted by atomic mass is 32.2. The van der Waals surface area contributed by atoms with E-state index in [9.17, 15) is 9.59 Å². The minimum atomic E-state index is -0.254. The summed E-state index contributed by atoms with van der Waals surface area (Å²) in [5.41, 5.74) is 4.37. The topological polar surface area (TPSA) is 46.6 Å². The molecule has 0 aliphatic carbocycles. The smallest absolute Gasteiger partial charge is 0.268 e. The molecule has 2 amide bonds. The Labute approximate surface area is 192 Å². The first-order valence-electron chi connectivity index (χ1n) is 10.6. The van der Waals surface area contributed by atoms with E-state index in [1.807, 2.05) is 92.7 Å². The van der Waals surface area contributed by atoms with Gasteiger partial charge in [0.1, 0.15) is 5.75 Å². The van der Waals surface area contributed by atoms with Gasteiger partial charge >= 0.3 is 0 Å². The summed E-state index contributed by atoms with van der Waals surface area (Å²) in [4.78, 5) is 28.6. The van der Waals surface area contributed by atoms with Gasteiger partial charge in [0.2, 0.25) is 0 Å². The highest BCUT2D eigenvalue weighted by Gasteiger charge is 2.39. The van der Waals surface area contributed by atoms with Gasteiger partial charge in [0.25, 0.3) is 11.8 Å². The van der Waals surface area contributed by atoms with Gasteiger partial charge in [-0.05, 0) is 42.7 Å². The number of hydrogen-bond donors (Lipinski definition) is 0. The molecule has 32 heavy (non-hydrogen) atoms. The van der Waals surface area contributed by atoms with Gasteiger partial charge in [-0.2, -0.15) is 0 Å². The Morgan fingerprint density at radius 2 is 1.50 bits per heavy atom. The molecule has 0 bridgehead atoms. The number of benzene rings is 3. The van der Waals surface area contributed by atoms with Gasteiger partial charge < -0.3 is 4.74 Å². The Kier molecular flexibility index (Phi) is 6.76. The summed E-state index contributed by atoms with van der Waals surface area (Å²) in [6.45, 7) is 4.77. The molecule has 4 nitrogen and oxygen atoms in total. The second-order valence-electron chi connectivity index (χ2n) is 7.62. The fourth-order valence-corrected chi connectivity index (χ4v) is 4.66. The van der Waals surface area contributed by atoms with Crippen molar-refractivity contribution in [3.8, 4) is 5.75 Å². The predicted octanol–water partition coefficient (Wildman–Crippen LogP) is 5.61. The number of hydrogen-bond acceptors (Lipinski definition) is 4. The van der Waals surface area contributed by atoms with Gasteiger partial charge in [-0.15, -0.1) is 11.8 Å². The molecule has 1 heterocycles. The standard InChI is InChI=1S/C27H25NO3S/c1-3-31-23-15-13-22(14-16-23)24-25(32-18-21-7-5-4-6-8-21)27(30)28(26(24)29)17-20-11-9-19(2)10-12-20/h4-16H,3,17-18H2,1-2H3. The molecule has 0 atom stereocenters. The van der Waals surface area contributed by atoms with Crippen molar-refractivity contribution in [3.05, 3.63) is 106 Å². The number of imide groups is 1. The molecule has 4 rings (SSSR count). The van der Waals surface area contributed by atoms with Gasteiger partial charge in [0, 0.05) is 5.75 Å². The zero-order valence-electron chi connectivity index (χ0n) is 18.2. The van der Waals surface area contributed by atoms with Gasteiger partial charge in [-0.1, -0.05) is 72.3 Å². The zero-order chi connectivity index (χ0) is 22.5. The Morgan fingerprint density at radius 3 is 2.16 bits per heavy atom. The van der Waals surface area contributed by atoms with Crippen LogP contribution in [0.5, 0.6) is 5.75 Å². The van der Waals surface area contributed by atoms with Crippen LogP contribution >= 0.6 is 11.8 Å². The molecule has 162 valence electrons. The number of carbonyl (C=O) groups excluding carboxylic acids is 2. The van der Waals surface area contributed by atoms with Crippen LogP contribution in [0.15, 0.2) is 83.8 Å². The van der Waals surface area contributed by atoms with Crippen LogP contribution in [-0.2, 0) is 21.9 Å². The minimum absolute atomic E-state index is 0.236. The minimum Gasteiger partial charge on any atom is -0.494 e. The maximum absolute atomic E-state index is 13.4. The van der Waals surface area contributed by atoms with Crippen LogP contribution in [-0.4, -0.2) is 23.3 Å². The summed E-state index contributed by atoms with van der Waals surface area (Å²) < 4.78 is 5.53. The first-order chi connectivity index (χ1) is 15.6. The molecule has 0 N–H and O–H groups in total. The number of rotatable bonds is 8. The van der Waals surface area contributed by atoms with Crippen molar-refractivity contribution in [2.24, 2.45) is 0 Å². The van der Waals surface area contributed by atoms with Crippen molar-refractivity contribution in [3.63, 3.8) is 0 Å². The Hall–Kier alpha value is -3.31. The maximum atomic E-state index is 13.4. The van der Waals surface area contributed by atoms with Crippen LogP contribution in [0.1, 0.15) is 29.2 Å². The zero-order valence-corrected chi connectivity index (χ0v) is 19.0. The molecule has 1 aliphatic heterocycles. The number of thioether (sulfide) groups is 1. The molecule has 5 heteroatoms.